The van der Waals surface area contributed by atoms with Crippen LogP contribution in [0.5, 0.6) is 5.75 Å². The van der Waals surface area contributed by atoms with Crippen molar-refractivity contribution in [1.82, 2.24) is 0 Å². The molecule has 130 valence electrons. The van der Waals surface area contributed by atoms with Crippen LogP contribution >= 0.6 is 0 Å². The molecule has 24 heavy (non-hydrogen) atoms. The van der Waals surface area contributed by atoms with E-state index in [0.717, 1.165) is 5.56 Å². The summed E-state index contributed by atoms with van der Waals surface area (Å²) < 4.78 is 21.9. The molecule has 1 N–H and O–H groups in total. The van der Waals surface area contributed by atoms with Gasteiger partial charge in [0.1, 0.15) is 22.9 Å². The number of carboxylic acids is 1. The van der Waals surface area contributed by atoms with Crippen molar-refractivity contribution in [2.45, 2.75) is 12.0 Å². The Morgan fingerprint density at radius 3 is 2.33 bits per heavy atom. The Kier molecular flexibility index (Phi) is 5.51. The lowest BCUT2D eigenvalue weighted by Gasteiger charge is -2.40. The molecule has 0 aliphatic heterocycles. The van der Waals surface area contributed by atoms with Gasteiger partial charge < -0.3 is 24.1 Å². The summed E-state index contributed by atoms with van der Waals surface area (Å²) in [5.74, 6) is -0.717. The topological polar surface area (TPSA) is 74.2 Å². The molecule has 2 unspecified atom stereocenters. The third-order valence-electron chi connectivity index (χ3n) is 4.28. The monoisotopic (exact) mass is 334 g/mol. The summed E-state index contributed by atoms with van der Waals surface area (Å²) >= 11 is 0. The minimum absolute atomic E-state index is 0.255. The number of ether oxygens (including phenoxy) is 4. The molecule has 0 saturated heterocycles. The van der Waals surface area contributed by atoms with E-state index in [9.17, 15) is 9.90 Å². The van der Waals surface area contributed by atoms with E-state index in [1.54, 1.807) is 19.3 Å². The fourth-order valence-corrected chi connectivity index (χ4v) is 3.13. The Labute approximate surface area is 141 Å². The second kappa shape index (κ2) is 7.40. The third kappa shape index (κ3) is 2.97. The average Bonchev–Trinajstić information content (AvgIpc) is 2.61. The van der Waals surface area contributed by atoms with Crippen LogP contribution in [0.15, 0.2) is 47.9 Å². The Balaban J connectivity index is 2.59. The predicted octanol–water partition coefficient (Wildman–Crippen LogP) is 2.40. The van der Waals surface area contributed by atoms with Gasteiger partial charge in [0.15, 0.2) is 5.92 Å². The standard InChI is InChI=1S/C18H22O6/c1-21-13-8-6-5-7-12(13)11-18(24-4)15(23-3)10-9-14(22-2)16(18)17(19)20/h5-10,16H,11H2,1-4H3,(H,19,20). The van der Waals surface area contributed by atoms with Crippen LogP contribution in [0.4, 0.5) is 0 Å². The van der Waals surface area contributed by atoms with E-state index in [1.165, 1.54) is 21.3 Å². The molecule has 0 saturated carbocycles. The Morgan fingerprint density at radius 2 is 1.79 bits per heavy atom. The van der Waals surface area contributed by atoms with Crippen molar-refractivity contribution >= 4 is 5.97 Å². The molecule has 1 aromatic rings. The molecule has 0 amide bonds. The zero-order valence-electron chi connectivity index (χ0n) is 14.2. The van der Waals surface area contributed by atoms with E-state index in [-0.39, 0.29) is 6.42 Å². The number of benzene rings is 1. The van der Waals surface area contributed by atoms with E-state index >= 15 is 0 Å². The molecule has 1 aromatic carbocycles. The number of hydrogen-bond donors (Lipinski definition) is 1. The normalized spacial score (nSPS) is 23.1. The zero-order valence-corrected chi connectivity index (χ0v) is 14.2. The summed E-state index contributed by atoms with van der Waals surface area (Å²) in [6.45, 7) is 0. The largest absolute Gasteiger partial charge is 0.500 e. The lowest BCUT2D eigenvalue weighted by molar-refractivity contribution is -0.155. The summed E-state index contributed by atoms with van der Waals surface area (Å²) in [5.41, 5.74) is -0.427. The first-order valence-corrected chi connectivity index (χ1v) is 7.44. The second-order valence-electron chi connectivity index (χ2n) is 5.36. The van der Waals surface area contributed by atoms with Crippen LogP contribution in [0.2, 0.25) is 0 Å². The summed E-state index contributed by atoms with van der Waals surface area (Å²) in [6, 6.07) is 7.41. The van der Waals surface area contributed by atoms with E-state index in [0.29, 0.717) is 17.3 Å². The van der Waals surface area contributed by atoms with Gasteiger partial charge in [0.2, 0.25) is 0 Å². The highest BCUT2D eigenvalue weighted by Crippen LogP contribution is 2.42. The van der Waals surface area contributed by atoms with Crippen LogP contribution in [0.25, 0.3) is 0 Å². The fourth-order valence-electron chi connectivity index (χ4n) is 3.13. The summed E-state index contributed by atoms with van der Waals surface area (Å²) in [5, 5.41) is 9.81. The molecule has 2 rings (SSSR count). The van der Waals surface area contributed by atoms with Gasteiger partial charge in [-0.25, -0.2) is 0 Å². The van der Waals surface area contributed by atoms with Gasteiger partial charge in [0.05, 0.1) is 21.3 Å². The maximum atomic E-state index is 12.0. The van der Waals surface area contributed by atoms with Crippen molar-refractivity contribution in [2.75, 3.05) is 28.4 Å². The minimum atomic E-state index is -1.24. The lowest BCUT2D eigenvalue weighted by Crippen LogP contribution is -2.50. The zero-order chi connectivity index (χ0) is 17.7. The van der Waals surface area contributed by atoms with Crippen LogP contribution < -0.4 is 4.74 Å². The number of carbonyl (C=O) groups is 1. The first kappa shape index (κ1) is 17.9. The predicted molar refractivity (Wildman–Crippen MR) is 87.7 cm³/mol. The van der Waals surface area contributed by atoms with Gasteiger partial charge >= 0.3 is 5.97 Å². The Morgan fingerprint density at radius 1 is 1.08 bits per heavy atom. The van der Waals surface area contributed by atoms with Crippen LogP contribution in [-0.4, -0.2) is 45.1 Å². The number of rotatable bonds is 7. The van der Waals surface area contributed by atoms with Gasteiger partial charge in [-0.05, 0) is 23.8 Å². The van der Waals surface area contributed by atoms with Crippen molar-refractivity contribution < 1.29 is 28.8 Å². The first-order chi connectivity index (χ1) is 11.5. The summed E-state index contributed by atoms with van der Waals surface area (Å²) in [7, 11) is 5.97. The minimum Gasteiger partial charge on any atom is -0.500 e. The molecule has 0 aromatic heterocycles. The Bertz CT molecular complexity index is 663. The van der Waals surface area contributed by atoms with E-state index in [1.807, 2.05) is 24.3 Å². The van der Waals surface area contributed by atoms with Gasteiger partial charge in [-0.2, -0.15) is 0 Å². The molecule has 2 atom stereocenters. The summed E-state index contributed by atoms with van der Waals surface area (Å²) in [4.78, 5) is 12.0. The quantitative estimate of drug-likeness (QED) is 0.825. The van der Waals surface area contributed by atoms with E-state index in [4.69, 9.17) is 18.9 Å². The van der Waals surface area contributed by atoms with Gasteiger partial charge in [-0.3, -0.25) is 4.79 Å². The van der Waals surface area contributed by atoms with Crippen LogP contribution in [0, 0.1) is 5.92 Å². The number of para-hydroxylation sites is 1. The highest BCUT2D eigenvalue weighted by Gasteiger charge is 2.52. The molecule has 0 fully saturated rings. The summed E-state index contributed by atoms with van der Waals surface area (Å²) in [6.07, 6.45) is 3.53. The van der Waals surface area contributed by atoms with Crippen molar-refractivity contribution in [3.05, 3.63) is 53.5 Å². The highest BCUT2D eigenvalue weighted by atomic mass is 16.5. The molecule has 0 heterocycles. The van der Waals surface area contributed by atoms with Gasteiger partial charge in [-0.1, -0.05) is 18.2 Å². The van der Waals surface area contributed by atoms with Crippen LogP contribution in [-0.2, 0) is 25.4 Å². The molecule has 1 aliphatic carbocycles. The van der Waals surface area contributed by atoms with Gasteiger partial charge in [-0.15, -0.1) is 0 Å². The van der Waals surface area contributed by atoms with Crippen LogP contribution in [0.1, 0.15) is 5.56 Å². The maximum absolute atomic E-state index is 12.0. The van der Waals surface area contributed by atoms with Crippen molar-refractivity contribution in [3.8, 4) is 5.75 Å². The third-order valence-corrected chi connectivity index (χ3v) is 4.28. The average molecular weight is 334 g/mol. The fraction of sp³-hybridized carbons (Fsp3) is 0.389. The molecular weight excluding hydrogens is 312 g/mol. The highest BCUT2D eigenvalue weighted by molar-refractivity contribution is 5.76. The molecule has 6 heteroatoms. The number of methoxy groups -OCH3 is 4. The second-order valence-corrected chi connectivity index (χ2v) is 5.36. The van der Waals surface area contributed by atoms with E-state index in [2.05, 4.69) is 0 Å². The lowest BCUT2D eigenvalue weighted by atomic mass is 9.76. The van der Waals surface area contributed by atoms with E-state index < -0.39 is 17.5 Å². The first-order valence-electron chi connectivity index (χ1n) is 7.44. The molecule has 0 spiro atoms. The molecule has 0 bridgehead atoms. The van der Waals surface area contributed by atoms with Crippen molar-refractivity contribution in [2.24, 2.45) is 5.92 Å². The smallest absolute Gasteiger partial charge is 0.317 e. The van der Waals surface area contributed by atoms with Gasteiger partial charge in [0, 0.05) is 13.5 Å². The SMILES string of the molecule is COC1=CC=C(OC)C(Cc2ccccc2OC)(OC)C1C(=O)O. The van der Waals surface area contributed by atoms with Gasteiger partial charge in [0.25, 0.3) is 0 Å². The molecular formula is C18H22O6. The van der Waals surface area contributed by atoms with Crippen molar-refractivity contribution in [3.63, 3.8) is 0 Å². The van der Waals surface area contributed by atoms with Crippen molar-refractivity contribution in [1.29, 1.82) is 0 Å². The number of aliphatic carboxylic acids is 1. The number of allylic oxidation sites excluding steroid dienone is 2. The molecule has 0 radical (unpaired) electrons. The molecule has 1 aliphatic rings. The van der Waals surface area contributed by atoms with Crippen LogP contribution in [0.3, 0.4) is 0 Å². The number of hydrogen-bond acceptors (Lipinski definition) is 5. The number of carboxylic acid groups (broad SMARTS) is 1. The molecule has 6 nitrogen and oxygen atoms in total. The maximum Gasteiger partial charge on any atom is 0.317 e. The Hall–Kier alpha value is -2.47.